The summed E-state index contributed by atoms with van der Waals surface area (Å²) < 4.78 is 25.9. The fraction of sp³-hybridized carbons (Fsp3) is 0.200. The summed E-state index contributed by atoms with van der Waals surface area (Å²) in [5.41, 5.74) is -0.427. The van der Waals surface area contributed by atoms with Crippen LogP contribution < -0.4 is 10.6 Å². The lowest BCUT2D eigenvalue weighted by molar-refractivity contribution is -0.119. The van der Waals surface area contributed by atoms with Crippen LogP contribution in [0.3, 0.4) is 0 Å². The van der Waals surface area contributed by atoms with Crippen molar-refractivity contribution in [3.63, 3.8) is 0 Å². The zero-order valence-electron chi connectivity index (χ0n) is 8.51. The number of hydrogen-bond acceptors (Lipinski definition) is 2. The molecule has 0 aromatic heterocycles. The van der Waals surface area contributed by atoms with Crippen LogP contribution in [0.25, 0.3) is 0 Å². The molecule has 0 aliphatic rings. The quantitative estimate of drug-likeness (QED) is 0.788. The molecule has 0 bridgehead atoms. The molecule has 16 heavy (non-hydrogen) atoms. The standard InChI is InChI=1S/C10H10F2N2O2/c1-13-8(15)5-14-10(16)6-3-2-4-7(11)9(6)12/h2-4H,5H2,1H3,(H,13,15)(H,14,16). The summed E-state index contributed by atoms with van der Waals surface area (Å²) in [5, 5.41) is 4.44. The maximum Gasteiger partial charge on any atom is 0.254 e. The molecule has 6 heteroatoms. The van der Waals surface area contributed by atoms with Crippen LogP contribution in [0.5, 0.6) is 0 Å². The van der Waals surface area contributed by atoms with Gasteiger partial charge in [0.15, 0.2) is 11.6 Å². The van der Waals surface area contributed by atoms with Gasteiger partial charge in [-0.3, -0.25) is 9.59 Å². The highest BCUT2D eigenvalue weighted by atomic mass is 19.2. The molecule has 0 spiro atoms. The Hall–Kier alpha value is -1.98. The molecule has 0 aliphatic carbocycles. The third-order valence-electron chi connectivity index (χ3n) is 1.88. The van der Waals surface area contributed by atoms with Gasteiger partial charge in [0.05, 0.1) is 12.1 Å². The summed E-state index contributed by atoms with van der Waals surface area (Å²) >= 11 is 0. The summed E-state index contributed by atoms with van der Waals surface area (Å²) in [6, 6.07) is 3.26. The van der Waals surface area contributed by atoms with Crippen LogP contribution >= 0.6 is 0 Å². The molecule has 0 aliphatic heterocycles. The highest BCUT2D eigenvalue weighted by molar-refractivity contribution is 5.96. The van der Waals surface area contributed by atoms with Gasteiger partial charge in [0.25, 0.3) is 5.91 Å². The van der Waals surface area contributed by atoms with Crippen molar-refractivity contribution < 1.29 is 18.4 Å². The molecule has 0 fully saturated rings. The van der Waals surface area contributed by atoms with E-state index in [2.05, 4.69) is 10.6 Å². The average molecular weight is 228 g/mol. The van der Waals surface area contributed by atoms with Crippen LogP contribution in [0.1, 0.15) is 10.4 Å². The first-order chi connectivity index (χ1) is 7.56. The van der Waals surface area contributed by atoms with Gasteiger partial charge in [-0.05, 0) is 12.1 Å². The lowest BCUT2D eigenvalue weighted by atomic mass is 10.2. The zero-order chi connectivity index (χ0) is 12.1. The van der Waals surface area contributed by atoms with E-state index in [9.17, 15) is 18.4 Å². The van der Waals surface area contributed by atoms with E-state index in [4.69, 9.17) is 0 Å². The van der Waals surface area contributed by atoms with Gasteiger partial charge < -0.3 is 10.6 Å². The lowest BCUT2D eigenvalue weighted by Gasteiger charge is -2.05. The van der Waals surface area contributed by atoms with Crippen molar-refractivity contribution in [2.45, 2.75) is 0 Å². The summed E-state index contributed by atoms with van der Waals surface area (Å²) in [6.07, 6.45) is 0. The van der Waals surface area contributed by atoms with E-state index in [1.807, 2.05) is 0 Å². The first kappa shape index (κ1) is 12.1. The molecule has 0 saturated carbocycles. The van der Waals surface area contributed by atoms with Crippen molar-refractivity contribution in [3.05, 3.63) is 35.4 Å². The average Bonchev–Trinajstić information content (AvgIpc) is 2.29. The van der Waals surface area contributed by atoms with Crippen molar-refractivity contribution in [2.75, 3.05) is 13.6 Å². The smallest absolute Gasteiger partial charge is 0.254 e. The predicted octanol–water partition coefficient (Wildman–Crippen LogP) is 0.441. The number of benzene rings is 1. The summed E-state index contributed by atoms with van der Waals surface area (Å²) in [5.74, 6) is -3.59. The van der Waals surface area contributed by atoms with Crippen molar-refractivity contribution in [3.8, 4) is 0 Å². The van der Waals surface area contributed by atoms with Gasteiger partial charge in [0.1, 0.15) is 0 Å². The van der Waals surface area contributed by atoms with Crippen molar-refractivity contribution in [2.24, 2.45) is 0 Å². The van der Waals surface area contributed by atoms with E-state index in [1.54, 1.807) is 0 Å². The van der Waals surface area contributed by atoms with E-state index in [1.165, 1.54) is 13.1 Å². The molecule has 1 aromatic rings. The van der Waals surface area contributed by atoms with Crippen LogP contribution in [-0.2, 0) is 4.79 Å². The van der Waals surface area contributed by atoms with Gasteiger partial charge >= 0.3 is 0 Å². The third-order valence-corrected chi connectivity index (χ3v) is 1.88. The van der Waals surface area contributed by atoms with Crippen LogP contribution in [-0.4, -0.2) is 25.4 Å². The SMILES string of the molecule is CNC(=O)CNC(=O)c1cccc(F)c1F. The van der Waals surface area contributed by atoms with E-state index < -0.39 is 29.0 Å². The van der Waals surface area contributed by atoms with Crippen molar-refractivity contribution in [1.29, 1.82) is 0 Å². The highest BCUT2D eigenvalue weighted by Gasteiger charge is 2.15. The molecule has 0 heterocycles. The first-order valence-corrected chi connectivity index (χ1v) is 4.49. The molecule has 86 valence electrons. The second-order valence-electron chi connectivity index (χ2n) is 2.96. The van der Waals surface area contributed by atoms with E-state index in [0.717, 1.165) is 12.1 Å². The number of hydrogen-bond donors (Lipinski definition) is 2. The maximum atomic E-state index is 13.1. The lowest BCUT2D eigenvalue weighted by Crippen LogP contribution is -2.35. The Morgan fingerprint density at radius 1 is 1.31 bits per heavy atom. The highest BCUT2D eigenvalue weighted by Crippen LogP contribution is 2.10. The topological polar surface area (TPSA) is 58.2 Å². The van der Waals surface area contributed by atoms with E-state index >= 15 is 0 Å². The fourth-order valence-electron chi connectivity index (χ4n) is 1.02. The van der Waals surface area contributed by atoms with E-state index in [-0.39, 0.29) is 6.54 Å². The number of likely N-dealkylation sites (N-methyl/N-ethyl adjacent to an activating group) is 1. The van der Waals surface area contributed by atoms with Gasteiger partial charge in [-0.15, -0.1) is 0 Å². The number of carbonyl (C=O) groups excluding carboxylic acids is 2. The van der Waals surface area contributed by atoms with Gasteiger partial charge in [0.2, 0.25) is 5.91 Å². The second-order valence-corrected chi connectivity index (χ2v) is 2.96. The monoisotopic (exact) mass is 228 g/mol. The van der Waals surface area contributed by atoms with Crippen molar-refractivity contribution >= 4 is 11.8 Å². The molecule has 0 unspecified atom stereocenters. The van der Waals surface area contributed by atoms with Gasteiger partial charge in [-0.2, -0.15) is 0 Å². The minimum absolute atomic E-state index is 0.286. The Bertz CT molecular complexity index is 421. The zero-order valence-corrected chi connectivity index (χ0v) is 8.51. The predicted molar refractivity (Wildman–Crippen MR) is 52.8 cm³/mol. The third kappa shape index (κ3) is 2.75. The molecule has 4 nitrogen and oxygen atoms in total. The van der Waals surface area contributed by atoms with Gasteiger partial charge in [-0.1, -0.05) is 6.07 Å². The number of rotatable bonds is 3. The number of nitrogens with one attached hydrogen (secondary N) is 2. The van der Waals surface area contributed by atoms with E-state index in [0.29, 0.717) is 0 Å². The van der Waals surface area contributed by atoms with Crippen molar-refractivity contribution in [1.82, 2.24) is 10.6 Å². The Balaban J connectivity index is 2.74. The molecule has 1 rings (SSSR count). The largest absolute Gasteiger partial charge is 0.358 e. The molecular weight excluding hydrogens is 218 g/mol. The molecular formula is C10H10F2N2O2. The summed E-state index contributed by atoms with van der Waals surface area (Å²) in [4.78, 5) is 22.1. The Morgan fingerprint density at radius 3 is 2.62 bits per heavy atom. The Labute approximate surface area is 90.6 Å². The normalized spacial score (nSPS) is 9.69. The van der Waals surface area contributed by atoms with Gasteiger partial charge in [-0.25, -0.2) is 8.78 Å². The number of amides is 2. The molecule has 2 amide bonds. The fourth-order valence-corrected chi connectivity index (χ4v) is 1.02. The summed E-state index contributed by atoms with van der Waals surface area (Å²) in [6.45, 7) is -0.286. The Kier molecular flexibility index (Phi) is 3.93. The maximum absolute atomic E-state index is 13.1. The number of carbonyl (C=O) groups is 2. The summed E-state index contributed by atoms with van der Waals surface area (Å²) in [7, 11) is 1.40. The van der Waals surface area contributed by atoms with Crippen LogP contribution in [0.15, 0.2) is 18.2 Å². The molecule has 0 radical (unpaired) electrons. The molecule has 0 saturated heterocycles. The number of halogens is 2. The molecule has 0 atom stereocenters. The second kappa shape index (κ2) is 5.20. The van der Waals surface area contributed by atoms with Crippen LogP contribution in [0.4, 0.5) is 8.78 Å². The van der Waals surface area contributed by atoms with Gasteiger partial charge in [0, 0.05) is 7.05 Å². The minimum atomic E-state index is -1.23. The van der Waals surface area contributed by atoms with Crippen LogP contribution in [0, 0.1) is 11.6 Å². The first-order valence-electron chi connectivity index (χ1n) is 4.49. The molecule has 1 aromatic carbocycles. The Morgan fingerprint density at radius 2 is 2.00 bits per heavy atom. The molecule has 2 N–H and O–H groups in total. The minimum Gasteiger partial charge on any atom is -0.358 e. The van der Waals surface area contributed by atoms with Crippen LogP contribution in [0.2, 0.25) is 0 Å².